The number of carbonyl (C=O) groups is 1. The lowest BCUT2D eigenvalue weighted by molar-refractivity contribution is 0.0627. The molecule has 5 heteroatoms. The van der Waals surface area contributed by atoms with Crippen LogP contribution in [0.15, 0.2) is 97.2 Å². The molecule has 0 N–H and O–H groups in total. The first-order chi connectivity index (χ1) is 18.5. The molecule has 2 aromatic heterocycles. The van der Waals surface area contributed by atoms with Gasteiger partial charge in [-0.15, -0.1) is 0 Å². The van der Waals surface area contributed by atoms with Crippen molar-refractivity contribution in [3.05, 3.63) is 120 Å². The summed E-state index contributed by atoms with van der Waals surface area (Å²) in [5, 5.41) is 0. The maximum atomic E-state index is 13.0. The number of fused-ring (bicyclic) bond motifs is 1. The van der Waals surface area contributed by atoms with Gasteiger partial charge in [-0.3, -0.25) is 9.69 Å². The quantitative estimate of drug-likeness (QED) is 0.287. The lowest BCUT2D eigenvalue weighted by atomic mass is 10.1. The van der Waals surface area contributed by atoms with E-state index in [1.165, 1.54) is 27.9 Å². The minimum absolute atomic E-state index is 0.118. The Morgan fingerprint density at radius 3 is 2.21 bits per heavy atom. The second kappa shape index (κ2) is 10.3. The maximum absolute atomic E-state index is 13.0. The molecule has 5 nitrogen and oxygen atoms in total. The normalized spacial score (nSPS) is 14.2. The second-order valence-electron chi connectivity index (χ2n) is 10.2. The van der Waals surface area contributed by atoms with E-state index >= 15 is 0 Å². The van der Waals surface area contributed by atoms with Gasteiger partial charge in [-0.05, 0) is 49.2 Å². The van der Waals surface area contributed by atoms with Crippen LogP contribution in [0.2, 0.25) is 0 Å². The van der Waals surface area contributed by atoms with Gasteiger partial charge in [-0.2, -0.15) is 0 Å². The minimum Gasteiger partial charge on any atom is -0.336 e. The van der Waals surface area contributed by atoms with E-state index in [9.17, 15) is 4.79 Å². The van der Waals surface area contributed by atoms with Crippen molar-refractivity contribution in [2.75, 3.05) is 26.2 Å². The van der Waals surface area contributed by atoms with E-state index in [0.717, 1.165) is 55.2 Å². The van der Waals surface area contributed by atoms with Gasteiger partial charge in [0.15, 0.2) is 0 Å². The number of hydrogen-bond acceptors (Lipinski definition) is 3. The molecule has 1 saturated heterocycles. The van der Waals surface area contributed by atoms with Crippen molar-refractivity contribution in [3.63, 3.8) is 0 Å². The van der Waals surface area contributed by atoms with E-state index in [2.05, 4.69) is 83.1 Å². The molecule has 1 aliphatic rings. The summed E-state index contributed by atoms with van der Waals surface area (Å²) in [6, 6.07) is 31.2. The molecule has 0 atom stereocenters. The molecule has 3 aromatic carbocycles. The molecule has 38 heavy (non-hydrogen) atoms. The highest BCUT2D eigenvalue weighted by molar-refractivity contribution is 5.94. The van der Waals surface area contributed by atoms with E-state index in [0.29, 0.717) is 0 Å². The van der Waals surface area contributed by atoms with Crippen LogP contribution in [-0.4, -0.2) is 51.3 Å². The van der Waals surface area contributed by atoms with Crippen LogP contribution in [0.5, 0.6) is 0 Å². The number of pyridine rings is 1. The summed E-state index contributed by atoms with van der Waals surface area (Å²) in [7, 11) is 0. The van der Waals surface area contributed by atoms with Crippen molar-refractivity contribution in [1.29, 1.82) is 0 Å². The average Bonchev–Trinajstić information content (AvgIpc) is 3.31. The van der Waals surface area contributed by atoms with Crippen molar-refractivity contribution < 1.29 is 4.79 Å². The summed E-state index contributed by atoms with van der Waals surface area (Å²) in [6.45, 7) is 8.04. The molecule has 190 valence electrons. The average molecular weight is 501 g/mol. The van der Waals surface area contributed by atoms with Gasteiger partial charge < -0.3 is 9.30 Å². The Hall–Kier alpha value is -4.22. The Labute approximate surface area is 224 Å². The first-order valence-electron chi connectivity index (χ1n) is 13.3. The third-order valence-electron chi connectivity index (χ3n) is 7.45. The smallest absolute Gasteiger partial charge is 0.253 e. The molecule has 1 aliphatic heterocycles. The Kier molecular flexibility index (Phi) is 6.52. The number of carbonyl (C=O) groups excluding carboxylic acids is 1. The lowest BCUT2D eigenvalue weighted by Gasteiger charge is -2.34. The Morgan fingerprint density at radius 1 is 0.737 bits per heavy atom. The van der Waals surface area contributed by atoms with Gasteiger partial charge >= 0.3 is 0 Å². The molecule has 0 saturated carbocycles. The van der Waals surface area contributed by atoms with Gasteiger partial charge in [0.25, 0.3) is 5.91 Å². The van der Waals surface area contributed by atoms with Crippen LogP contribution in [0.4, 0.5) is 0 Å². The standard InChI is InChI=1S/C33H32N4O/c1-24-11-13-27(14-12-24)33(38)36-19-17-35(18-20-36)23-30-32(26-8-4-3-5-9-26)34-31-16-15-29(22-37(30)31)28-10-6-7-25(2)21-28/h3-16,21-22H,17-20,23H2,1-2H3. The number of benzene rings is 3. The Bertz CT molecular complexity index is 1580. The zero-order chi connectivity index (χ0) is 26.1. The molecule has 0 radical (unpaired) electrons. The molecule has 0 unspecified atom stereocenters. The summed E-state index contributed by atoms with van der Waals surface area (Å²) in [6.07, 6.45) is 2.22. The van der Waals surface area contributed by atoms with Crippen molar-refractivity contribution in [3.8, 4) is 22.4 Å². The molecule has 6 rings (SSSR count). The predicted molar refractivity (Wildman–Crippen MR) is 153 cm³/mol. The number of aromatic nitrogens is 2. The summed E-state index contributed by atoms with van der Waals surface area (Å²) >= 11 is 0. The van der Waals surface area contributed by atoms with Crippen LogP contribution < -0.4 is 0 Å². The number of rotatable bonds is 5. The van der Waals surface area contributed by atoms with Gasteiger partial charge in [0.2, 0.25) is 0 Å². The molecular formula is C33H32N4O. The van der Waals surface area contributed by atoms with E-state index < -0.39 is 0 Å². The molecule has 0 spiro atoms. The van der Waals surface area contributed by atoms with Crippen LogP contribution in [-0.2, 0) is 6.54 Å². The number of hydrogen-bond donors (Lipinski definition) is 0. The molecule has 1 fully saturated rings. The van der Waals surface area contributed by atoms with Gasteiger partial charge in [-0.1, -0.05) is 77.9 Å². The molecule has 5 aromatic rings. The Balaban J connectivity index is 1.29. The third kappa shape index (κ3) is 4.85. The van der Waals surface area contributed by atoms with Crippen molar-refractivity contribution >= 4 is 11.6 Å². The van der Waals surface area contributed by atoms with E-state index in [1.54, 1.807) is 0 Å². The highest BCUT2D eigenvalue weighted by Gasteiger charge is 2.24. The summed E-state index contributed by atoms with van der Waals surface area (Å²) in [4.78, 5) is 22.5. The van der Waals surface area contributed by atoms with Crippen molar-refractivity contribution in [2.24, 2.45) is 0 Å². The van der Waals surface area contributed by atoms with Crippen LogP contribution in [0, 0.1) is 13.8 Å². The topological polar surface area (TPSA) is 40.9 Å². The number of aryl methyl sites for hydroxylation is 2. The maximum Gasteiger partial charge on any atom is 0.253 e. The lowest BCUT2D eigenvalue weighted by Crippen LogP contribution is -2.48. The molecular weight excluding hydrogens is 468 g/mol. The van der Waals surface area contributed by atoms with E-state index in [4.69, 9.17) is 4.98 Å². The van der Waals surface area contributed by atoms with Crippen LogP contribution >= 0.6 is 0 Å². The largest absolute Gasteiger partial charge is 0.336 e. The van der Waals surface area contributed by atoms with Gasteiger partial charge in [0.05, 0.1) is 11.4 Å². The van der Waals surface area contributed by atoms with Crippen LogP contribution in [0.25, 0.3) is 28.0 Å². The van der Waals surface area contributed by atoms with E-state index in [1.807, 2.05) is 42.2 Å². The first-order valence-corrected chi connectivity index (χ1v) is 13.3. The van der Waals surface area contributed by atoms with Gasteiger partial charge in [-0.25, -0.2) is 4.98 Å². The minimum atomic E-state index is 0.118. The summed E-state index contributed by atoms with van der Waals surface area (Å²) < 4.78 is 2.25. The predicted octanol–water partition coefficient (Wildman–Crippen LogP) is 6.24. The van der Waals surface area contributed by atoms with Gasteiger partial charge in [0, 0.05) is 50.0 Å². The summed E-state index contributed by atoms with van der Waals surface area (Å²) in [5.74, 6) is 0.118. The Morgan fingerprint density at radius 2 is 1.47 bits per heavy atom. The van der Waals surface area contributed by atoms with E-state index in [-0.39, 0.29) is 5.91 Å². The molecule has 3 heterocycles. The van der Waals surface area contributed by atoms with Crippen LogP contribution in [0.1, 0.15) is 27.2 Å². The second-order valence-corrected chi connectivity index (χ2v) is 10.2. The number of imidazole rings is 1. The zero-order valence-corrected chi connectivity index (χ0v) is 22.0. The monoisotopic (exact) mass is 500 g/mol. The number of nitrogens with zero attached hydrogens (tertiary/aromatic N) is 4. The fourth-order valence-corrected chi connectivity index (χ4v) is 5.27. The SMILES string of the molecule is Cc1ccc(C(=O)N2CCN(Cc3c(-c4ccccc4)nc4ccc(-c5cccc(C)c5)cn34)CC2)cc1. The first kappa shape index (κ1) is 24.1. The molecule has 0 aliphatic carbocycles. The molecule has 1 amide bonds. The number of piperazine rings is 1. The van der Waals surface area contributed by atoms with Crippen molar-refractivity contribution in [1.82, 2.24) is 19.2 Å². The fourth-order valence-electron chi connectivity index (χ4n) is 5.27. The van der Waals surface area contributed by atoms with Crippen molar-refractivity contribution in [2.45, 2.75) is 20.4 Å². The fraction of sp³-hybridized carbons (Fsp3) is 0.212. The molecule has 0 bridgehead atoms. The third-order valence-corrected chi connectivity index (χ3v) is 7.45. The van der Waals surface area contributed by atoms with Crippen LogP contribution in [0.3, 0.4) is 0 Å². The van der Waals surface area contributed by atoms with Gasteiger partial charge in [0.1, 0.15) is 5.65 Å². The number of amides is 1. The highest BCUT2D eigenvalue weighted by Crippen LogP contribution is 2.29. The zero-order valence-electron chi connectivity index (χ0n) is 22.0. The highest BCUT2D eigenvalue weighted by atomic mass is 16.2. The summed E-state index contributed by atoms with van der Waals surface area (Å²) in [5.41, 5.74) is 9.82.